The van der Waals surface area contributed by atoms with Crippen LogP contribution in [0, 0.1) is 0 Å². The van der Waals surface area contributed by atoms with Crippen molar-refractivity contribution < 1.29 is 4.79 Å². The Morgan fingerprint density at radius 2 is 2.25 bits per heavy atom. The maximum absolute atomic E-state index is 12.6. The standard InChI is InChI=1S/C18H22N4OS/c1-11(2)15-10-20-9-6-14(15)17(23)22-18-21-12(3)16(24-18)13-4-7-19-8-5-13/h4,6-7,9-12,16H,5,8H2,1-3H3,(H,21,22,23). The van der Waals surface area contributed by atoms with Crippen molar-refractivity contribution in [3.8, 4) is 0 Å². The zero-order valence-electron chi connectivity index (χ0n) is 14.2. The number of dihydropyridines is 1. The van der Waals surface area contributed by atoms with Gasteiger partial charge in [0.15, 0.2) is 5.17 Å². The van der Waals surface area contributed by atoms with Crippen LogP contribution in [-0.2, 0) is 0 Å². The fourth-order valence-corrected chi connectivity index (χ4v) is 4.15. The summed E-state index contributed by atoms with van der Waals surface area (Å²) in [7, 11) is 0. The van der Waals surface area contributed by atoms with E-state index < -0.39 is 0 Å². The number of carbonyl (C=O) groups excluding carboxylic acids is 1. The van der Waals surface area contributed by atoms with Crippen molar-refractivity contribution in [3.63, 3.8) is 0 Å². The molecule has 0 spiro atoms. The van der Waals surface area contributed by atoms with E-state index in [1.165, 1.54) is 5.57 Å². The maximum atomic E-state index is 12.6. The number of nitrogens with zero attached hydrogens (tertiary/aromatic N) is 3. The summed E-state index contributed by atoms with van der Waals surface area (Å²) in [5.74, 6) is 0.135. The average molecular weight is 342 g/mol. The van der Waals surface area contributed by atoms with Gasteiger partial charge in [-0.05, 0) is 37.0 Å². The number of aliphatic imine (C=N–C) groups is 2. The van der Waals surface area contributed by atoms with E-state index in [0.717, 1.165) is 18.5 Å². The third-order valence-corrected chi connectivity index (χ3v) is 5.61. The number of amidine groups is 1. The molecule has 126 valence electrons. The molecule has 0 saturated carbocycles. The molecule has 0 radical (unpaired) electrons. The molecule has 2 atom stereocenters. The number of amides is 1. The SMILES string of the molecule is CC(C)c1cnccc1C(=O)NC1=NC(C)C(C2=CC=NCC2)S1. The highest BCUT2D eigenvalue weighted by molar-refractivity contribution is 8.14. The number of hydrogen-bond donors (Lipinski definition) is 1. The zero-order chi connectivity index (χ0) is 17.1. The third-order valence-electron chi connectivity index (χ3n) is 4.23. The van der Waals surface area contributed by atoms with Crippen LogP contribution in [-0.4, -0.2) is 40.1 Å². The Morgan fingerprint density at radius 1 is 1.42 bits per heavy atom. The molecule has 3 rings (SSSR count). The third kappa shape index (κ3) is 3.59. The minimum Gasteiger partial charge on any atom is -0.301 e. The Hall–Kier alpha value is -1.95. The summed E-state index contributed by atoms with van der Waals surface area (Å²) in [6, 6.07) is 1.93. The van der Waals surface area contributed by atoms with Crippen LogP contribution in [0.15, 0.2) is 40.1 Å². The summed E-state index contributed by atoms with van der Waals surface area (Å²) in [5, 5.41) is 3.96. The van der Waals surface area contributed by atoms with Gasteiger partial charge in [0.25, 0.3) is 5.91 Å². The van der Waals surface area contributed by atoms with Crippen molar-refractivity contribution in [2.24, 2.45) is 9.98 Å². The van der Waals surface area contributed by atoms with E-state index in [2.05, 4.69) is 47.1 Å². The van der Waals surface area contributed by atoms with Crippen molar-refractivity contribution >= 4 is 29.1 Å². The highest BCUT2D eigenvalue weighted by atomic mass is 32.2. The van der Waals surface area contributed by atoms with E-state index in [9.17, 15) is 4.79 Å². The molecule has 6 heteroatoms. The van der Waals surface area contributed by atoms with E-state index in [1.54, 1.807) is 30.2 Å². The Morgan fingerprint density at radius 3 is 2.96 bits per heavy atom. The highest BCUT2D eigenvalue weighted by Gasteiger charge is 2.31. The molecular weight excluding hydrogens is 320 g/mol. The summed E-state index contributed by atoms with van der Waals surface area (Å²) >= 11 is 1.64. The first kappa shape index (κ1) is 16.9. The summed E-state index contributed by atoms with van der Waals surface area (Å²) in [4.78, 5) is 25.6. The second-order valence-electron chi connectivity index (χ2n) is 6.33. The van der Waals surface area contributed by atoms with E-state index in [-0.39, 0.29) is 23.1 Å². The van der Waals surface area contributed by atoms with Gasteiger partial charge >= 0.3 is 0 Å². The lowest BCUT2D eigenvalue weighted by atomic mass is 9.99. The molecule has 1 aromatic rings. The van der Waals surface area contributed by atoms with Gasteiger partial charge in [0, 0.05) is 30.7 Å². The molecular formula is C18H22N4OS. The van der Waals surface area contributed by atoms with Crippen LogP contribution in [0.4, 0.5) is 0 Å². The summed E-state index contributed by atoms with van der Waals surface area (Å²) < 4.78 is 0. The number of aromatic nitrogens is 1. The molecule has 2 unspecified atom stereocenters. The van der Waals surface area contributed by atoms with Gasteiger partial charge in [-0.25, -0.2) is 0 Å². The molecule has 3 heterocycles. The first-order valence-electron chi connectivity index (χ1n) is 8.25. The van der Waals surface area contributed by atoms with Crippen LogP contribution in [0.3, 0.4) is 0 Å². The quantitative estimate of drug-likeness (QED) is 0.917. The van der Waals surface area contributed by atoms with E-state index in [1.807, 2.05) is 6.21 Å². The minimum absolute atomic E-state index is 0.112. The van der Waals surface area contributed by atoms with Crippen LogP contribution in [0.1, 0.15) is 49.0 Å². The van der Waals surface area contributed by atoms with Crippen molar-refractivity contribution in [1.29, 1.82) is 0 Å². The van der Waals surface area contributed by atoms with Gasteiger partial charge < -0.3 is 5.32 Å². The fraction of sp³-hybridized carbons (Fsp3) is 0.444. The normalized spacial score (nSPS) is 23.2. The molecule has 0 fully saturated rings. The van der Waals surface area contributed by atoms with E-state index in [4.69, 9.17) is 0 Å². The Bertz CT molecular complexity index is 723. The number of hydrogen-bond acceptors (Lipinski definition) is 5. The average Bonchev–Trinajstić information content (AvgIpc) is 2.96. The smallest absolute Gasteiger partial charge is 0.257 e. The van der Waals surface area contributed by atoms with Gasteiger partial charge in [0.2, 0.25) is 0 Å². The molecule has 1 aromatic heterocycles. The van der Waals surface area contributed by atoms with Crippen LogP contribution in [0.25, 0.3) is 0 Å². The molecule has 2 aliphatic rings. The van der Waals surface area contributed by atoms with E-state index >= 15 is 0 Å². The maximum Gasteiger partial charge on any atom is 0.257 e. The fourth-order valence-electron chi connectivity index (χ4n) is 2.92. The van der Waals surface area contributed by atoms with Crippen LogP contribution in [0.2, 0.25) is 0 Å². The van der Waals surface area contributed by atoms with Crippen molar-refractivity contribution in [1.82, 2.24) is 10.3 Å². The topological polar surface area (TPSA) is 66.7 Å². The summed E-state index contributed by atoms with van der Waals surface area (Å²) in [6.45, 7) is 7.05. The Balaban J connectivity index is 1.71. The molecule has 1 amide bonds. The Kier molecular flexibility index (Phi) is 5.14. The van der Waals surface area contributed by atoms with Crippen LogP contribution in [0.5, 0.6) is 0 Å². The number of thioether (sulfide) groups is 1. The second-order valence-corrected chi connectivity index (χ2v) is 7.46. The van der Waals surface area contributed by atoms with E-state index in [0.29, 0.717) is 10.7 Å². The van der Waals surface area contributed by atoms with Crippen molar-refractivity contribution in [2.45, 2.75) is 44.4 Å². The van der Waals surface area contributed by atoms with Crippen molar-refractivity contribution in [2.75, 3.05) is 6.54 Å². The Labute approximate surface area is 146 Å². The predicted octanol–water partition coefficient (Wildman–Crippen LogP) is 3.20. The number of carbonyl (C=O) groups is 1. The van der Waals surface area contributed by atoms with Gasteiger partial charge in [-0.3, -0.25) is 19.8 Å². The van der Waals surface area contributed by atoms with Gasteiger partial charge in [-0.2, -0.15) is 0 Å². The van der Waals surface area contributed by atoms with Gasteiger partial charge in [0.1, 0.15) is 0 Å². The summed E-state index contributed by atoms with van der Waals surface area (Å²) in [6.07, 6.45) is 8.34. The number of rotatable bonds is 3. The lowest BCUT2D eigenvalue weighted by molar-refractivity contribution is 0.0976. The second kappa shape index (κ2) is 7.30. The summed E-state index contributed by atoms with van der Waals surface area (Å²) in [5.41, 5.74) is 2.97. The highest BCUT2D eigenvalue weighted by Crippen LogP contribution is 2.33. The molecule has 24 heavy (non-hydrogen) atoms. The van der Waals surface area contributed by atoms with Gasteiger partial charge in [0.05, 0.1) is 11.3 Å². The molecule has 0 bridgehead atoms. The molecule has 5 nitrogen and oxygen atoms in total. The first-order chi connectivity index (χ1) is 11.6. The van der Waals surface area contributed by atoms with Crippen molar-refractivity contribution in [3.05, 3.63) is 41.2 Å². The monoisotopic (exact) mass is 342 g/mol. The lowest BCUT2D eigenvalue weighted by Crippen LogP contribution is -2.29. The molecule has 1 N–H and O–H groups in total. The van der Waals surface area contributed by atoms with Crippen LogP contribution >= 0.6 is 11.8 Å². The molecule has 0 saturated heterocycles. The molecule has 2 aliphatic heterocycles. The zero-order valence-corrected chi connectivity index (χ0v) is 15.0. The number of nitrogens with one attached hydrogen (secondary N) is 1. The van der Waals surface area contributed by atoms with Gasteiger partial charge in [-0.15, -0.1) is 0 Å². The number of pyridine rings is 1. The van der Waals surface area contributed by atoms with Gasteiger partial charge in [-0.1, -0.05) is 31.2 Å². The van der Waals surface area contributed by atoms with Crippen LogP contribution < -0.4 is 5.32 Å². The minimum atomic E-state index is -0.112. The molecule has 0 aliphatic carbocycles. The largest absolute Gasteiger partial charge is 0.301 e. The lowest BCUT2D eigenvalue weighted by Gasteiger charge is -2.18. The molecule has 0 aromatic carbocycles. The first-order valence-corrected chi connectivity index (χ1v) is 9.13. The number of allylic oxidation sites excluding steroid dienone is 1. The predicted molar refractivity (Wildman–Crippen MR) is 100 cm³/mol.